The van der Waals surface area contributed by atoms with Crippen molar-refractivity contribution >= 4 is 34.5 Å². The van der Waals surface area contributed by atoms with Gasteiger partial charge in [0.2, 0.25) is 5.95 Å². The lowest BCUT2D eigenvalue weighted by Crippen LogP contribution is -2.39. The predicted octanol–water partition coefficient (Wildman–Crippen LogP) is 5.67. The third-order valence-electron chi connectivity index (χ3n) is 8.02. The molecule has 0 aliphatic carbocycles. The van der Waals surface area contributed by atoms with Gasteiger partial charge in [-0.25, -0.2) is 14.8 Å². The van der Waals surface area contributed by atoms with Crippen LogP contribution in [0.3, 0.4) is 0 Å². The topological polar surface area (TPSA) is 134 Å². The fraction of sp³-hybridized carbons (Fsp3) is 0.455. The molecule has 0 spiro atoms. The molecule has 1 aromatic carbocycles. The molecule has 236 valence electrons. The molecule has 0 radical (unpaired) electrons. The summed E-state index contributed by atoms with van der Waals surface area (Å²) in [5.41, 5.74) is 4.46. The largest absolute Gasteiger partial charge is 0.507 e. The van der Waals surface area contributed by atoms with E-state index in [9.17, 15) is 9.90 Å². The Labute approximate surface area is 263 Å². The molecule has 1 amide bonds. The first-order valence-corrected chi connectivity index (χ1v) is 15.6. The minimum atomic E-state index is -0.509. The number of nitrogens with zero attached hydrogens (tertiary/aromatic N) is 8. The highest BCUT2D eigenvalue weighted by Gasteiger charge is 2.27. The van der Waals surface area contributed by atoms with E-state index in [4.69, 9.17) is 19.8 Å². The molecule has 1 saturated heterocycles. The number of carbonyl (C=O) groups excluding carboxylic acids is 1. The molecule has 45 heavy (non-hydrogen) atoms. The van der Waals surface area contributed by atoms with Crippen LogP contribution in [0.4, 0.5) is 16.6 Å². The summed E-state index contributed by atoms with van der Waals surface area (Å²) in [6.07, 6.45) is 8.00. The van der Waals surface area contributed by atoms with Crippen molar-refractivity contribution < 1.29 is 14.6 Å². The zero-order chi connectivity index (χ0) is 31.7. The smallest absolute Gasteiger partial charge is 0.410 e. The average Bonchev–Trinajstić information content (AvgIpc) is 3.37. The number of benzene rings is 1. The van der Waals surface area contributed by atoms with E-state index >= 15 is 0 Å². The van der Waals surface area contributed by atoms with Crippen LogP contribution in [-0.4, -0.2) is 83.9 Å². The molecule has 12 nitrogen and oxygen atoms in total. The standard InChI is InChI=1S/C33H41N9O3/c1-21(2)36-30-29-27(18-26(37-38-29)25-8-6-7-9-28(25)43)42(39-30)24-12-16-40(17-13-24)31-34-19-23(20-35-31)22-10-14-41(15-11-22)32(44)45-33(3,4)5/h6-10,18-21,24,43H,11-17H2,1-5H3,(H,36,39). The molecule has 1 fully saturated rings. The van der Waals surface area contributed by atoms with Gasteiger partial charge in [0, 0.05) is 55.7 Å². The molecule has 0 saturated carbocycles. The summed E-state index contributed by atoms with van der Waals surface area (Å²) in [5.74, 6) is 1.59. The summed E-state index contributed by atoms with van der Waals surface area (Å²) >= 11 is 0. The summed E-state index contributed by atoms with van der Waals surface area (Å²) in [6, 6.07) is 9.48. The number of aromatic hydroxyl groups is 1. The monoisotopic (exact) mass is 611 g/mol. The molecule has 6 rings (SSSR count). The van der Waals surface area contributed by atoms with Gasteiger partial charge >= 0.3 is 6.09 Å². The molecule has 4 aromatic rings. The summed E-state index contributed by atoms with van der Waals surface area (Å²) in [4.78, 5) is 25.8. The van der Waals surface area contributed by atoms with Crippen LogP contribution in [0.1, 0.15) is 65.5 Å². The Hall–Kier alpha value is -4.74. The fourth-order valence-electron chi connectivity index (χ4n) is 5.79. The number of anilines is 2. The molecule has 0 atom stereocenters. The summed E-state index contributed by atoms with van der Waals surface area (Å²) in [6.45, 7) is 12.5. The first-order valence-electron chi connectivity index (χ1n) is 15.6. The summed E-state index contributed by atoms with van der Waals surface area (Å²) in [5, 5.41) is 27.8. The average molecular weight is 612 g/mol. The first kappa shape index (κ1) is 30.3. The van der Waals surface area contributed by atoms with Crippen LogP contribution in [0.2, 0.25) is 0 Å². The van der Waals surface area contributed by atoms with Gasteiger partial charge < -0.3 is 25.0 Å². The van der Waals surface area contributed by atoms with E-state index in [0.717, 1.165) is 54.5 Å². The minimum Gasteiger partial charge on any atom is -0.507 e. The number of carbonyl (C=O) groups is 1. The molecule has 5 heterocycles. The van der Waals surface area contributed by atoms with Gasteiger partial charge in [0.25, 0.3) is 0 Å². The number of phenols is 1. The fourth-order valence-corrected chi connectivity index (χ4v) is 5.79. The zero-order valence-electron chi connectivity index (χ0n) is 26.6. The van der Waals surface area contributed by atoms with Gasteiger partial charge in [-0.15, -0.1) is 10.2 Å². The number of hydrogen-bond donors (Lipinski definition) is 2. The second-order valence-corrected chi connectivity index (χ2v) is 13.0. The molecule has 2 N–H and O–H groups in total. The van der Waals surface area contributed by atoms with Crippen LogP contribution in [0.25, 0.3) is 27.9 Å². The van der Waals surface area contributed by atoms with E-state index < -0.39 is 5.60 Å². The molecule has 0 bridgehead atoms. The summed E-state index contributed by atoms with van der Waals surface area (Å²) in [7, 11) is 0. The van der Waals surface area contributed by atoms with E-state index in [1.54, 1.807) is 17.0 Å². The van der Waals surface area contributed by atoms with Gasteiger partial charge in [-0.2, -0.15) is 5.10 Å². The summed E-state index contributed by atoms with van der Waals surface area (Å²) < 4.78 is 7.57. The normalized spacial score (nSPS) is 16.3. The zero-order valence-corrected chi connectivity index (χ0v) is 26.6. The van der Waals surface area contributed by atoms with Gasteiger partial charge in [-0.3, -0.25) is 4.68 Å². The second-order valence-electron chi connectivity index (χ2n) is 13.0. The van der Waals surface area contributed by atoms with Gasteiger partial charge in [0.15, 0.2) is 11.3 Å². The van der Waals surface area contributed by atoms with Crippen molar-refractivity contribution in [1.82, 2.24) is 34.8 Å². The van der Waals surface area contributed by atoms with Crippen LogP contribution in [0.5, 0.6) is 5.75 Å². The van der Waals surface area contributed by atoms with E-state index in [2.05, 4.69) is 45.0 Å². The lowest BCUT2D eigenvalue weighted by atomic mass is 10.0. The lowest BCUT2D eigenvalue weighted by molar-refractivity contribution is 0.0270. The highest BCUT2D eigenvalue weighted by molar-refractivity contribution is 5.88. The van der Waals surface area contributed by atoms with Crippen molar-refractivity contribution in [3.63, 3.8) is 0 Å². The minimum absolute atomic E-state index is 0.160. The Balaban J connectivity index is 1.14. The number of ether oxygens (including phenoxy) is 1. The van der Waals surface area contributed by atoms with Crippen LogP contribution in [0, 0.1) is 0 Å². The van der Waals surface area contributed by atoms with Gasteiger partial charge in [0.05, 0.1) is 17.3 Å². The van der Waals surface area contributed by atoms with Gasteiger partial charge in [0.1, 0.15) is 11.4 Å². The van der Waals surface area contributed by atoms with E-state index in [1.165, 1.54) is 0 Å². The second kappa shape index (κ2) is 12.3. The Morgan fingerprint density at radius 3 is 2.44 bits per heavy atom. The van der Waals surface area contributed by atoms with Crippen molar-refractivity contribution in [2.24, 2.45) is 0 Å². The van der Waals surface area contributed by atoms with Crippen molar-refractivity contribution in [3.8, 4) is 17.0 Å². The number of para-hydroxylation sites is 1. The SMILES string of the molecule is CC(C)Nc1nn(C2CCN(c3ncc(C4=CCN(C(=O)OC(C)(C)C)CC4)cn3)CC2)c2cc(-c3ccccc3O)nnc12. The molecule has 2 aliphatic heterocycles. The Bertz CT molecular complexity index is 1700. The van der Waals surface area contributed by atoms with Crippen molar-refractivity contribution in [2.75, 3.05) is 36.4 Å². The number of rotatable bonds is 6. The van der Waals surface area contributed by atoms with Crippen molar-refractivity contribution in [1.29, 1.82) is 0 Å². The molecule has 0 unspecified atom stereocenters. The lowest BCUT2D eigenvalue weighted by Gasteiger charge is -2.32. The first-order chi connectivity index (χ1) is 21.6. The number of piperidine rings is 1. The number of aromatic nitrogens is 6. The van der Waals surface area contributed by atoms with E-state index in [-0.39, 0.29) is 23.9 Å². The molecule has 3 aromatic heterocycles. The number of phenolic OH excluding ortho intramolecular Hbond substituents is 1. The maximum Gasteiger partial charge on any atom is 0.410 e. The highest BCUT2D eigenvalue weighted by atomic mass is 16.6. The van der Waals surface area contributed by atoms with Gasteiger partial charge in [-0.1, -0.05) is 18.2 Å². The van der Waals surface area contributed by atoms with Crippen molar-refractivity contribution in [2.45, 2.75) is 71.6 Å². The van der Waals surface area contributed by atoms with Crippen LogP contribution in [-0.2, 0) is 4.74 Å². The van der Waals surface area contributed by atoms with Crippen LogP contribution < -0.4 is 10.2 Å². The molecular weight excluding hydrogens is 570 g/mol. The maximum atomic E-state index is 12.4. The maximum absolute atomic E-state index is 12.4. The van der Waals surface area contributed by atoms with E-state index in [0.29, 0.717) is 36.1 Å². The number of amides is 1. The third-order valence-corrected chi connectivity index (χ3v) is 8.02. The van der Waals surface area contributed by atoms with Gasteiger partial charge in [-0.05, 0) is 77.7 Å². The quantitative estimate of drug-likeness (QED) is 0.281. The highest BCUT2D eigenvalue weighted by Crippen LogP contribution is 2.34. The molecular formula is C33H41N9O3. The molecule has 2 aliphatic rings. The van der Waals surface area contributed by atoms with Crippen LogP contribution in [0.15, 0.2) is 48.8 Å². The predicted molar refractivity (Wildman–Crippen MR) is 174 cm³/mol. The Morgan fingerprint density at radius 2 is 1.80 bits per heavy atom. The molecule has 12 heteroatoms. The number of hydrogen-bond acceptors (Lipinski definition) is 10. The Morgan fingerprint density at radius 1 is 1.07 bits per heavy atom. The number of fused-ring (bicyclic) bond motifs is 1. The van der Waals surface area contributed by atoms with E-state index in [1.807, 2.05) is 51.4 Å². The van der Waals surface area contributed by atoms with Crippen LogP contribution >= 0.6 is 0 Å². The third kappa shape index (κ3) is 6.69. The van der Waals surface area contributed by atoms with Crippen molar-refractivity contribution in [3.05, 3.63) is 54.4 Å². The number of nitrogens with one attached hydrogen (secondary N) is 1. The Kier molecular flexibility index (Phi) is 8.30.